The van der Waals surface area contributed by atoms with Crippen molar-refractivity contribution < 1.29 is 22.7 Å². The summed E-state index contributed by atoms with van der Waals surface area (Å²) in [5.74, 6) is -1.42. The maximum atomic E-state index is 12.6. The summed E-state index contributed by atoms with van der Waals surface area (Å²) >= 11 is 0. The molecule has 1 amide bonds. The second-order valence-electron chi connectivity index (χ2n) is 5.75. The number of anilines is 1. The average Bonchev–Trinajstić information content (AvgIpc) is 2.56. The van der Waals surface area contributed by atoms with E-state index in [2.05, 4.69) is 10.1 Å². The van der Waals surface area contributed by atoms with Gasteiger partial charge in [-0.1, -0.05) is 18.2 Å². The van der Waals surface area contributed by atoms with E-state index < -0.39 is 27.8 Å². The Kier molecular flexibility index (Phi) is 5.63. The number of hydrogen-bond acceptors (Lipinski definition) is 6. The monoisotopic (exact) mass is 364 g/mol. The van der Waals surface area contributed by atoms with E-state index in [0.29, 0.717) is 16.6 Å². The Bertz CT molecular complexity index is 908. The van der Waals surface area contributed by atoms with E-state index in [4.69, 9.17) is 5.73 Å². The summed E-state index contributed by atoms with van der Waals surface area (Å²) in [6.07, 6.45) is 1.01. The second-order valence-corrected chi connectivity index (χ2v) is 8.01. The first-order chi connectivity index (χ1) is 11.7. The van der Waals surface area contributed by atoms with Crippen molar-refractivity contribution in [2.75, 3.05) is 24.9 Å². The average molecular weight is 364 g/mol. The van der Waals surface area contributed by atoms with Crippen LogP contribution in [0.4, 0.5) is 5.69 Å². The van der Waals surface area contributed by atoms with Crippen LogP contribution in [0.25, 0.3) is 10.8 Å². The number of carbonyl (C=O) groups excluding carboxylic acids is 2. The highest BCUT2D eigenvalue weighted by Gasteiger charge is 2.24. The van der Waals surface area contributed by atoms with Crippen LogP contribution in [0, 0.1) is 0 Å². The maximum Gasteiger partial charge on any atom is 0.328 e. The van der Waals surface area contributed by atoms with E-state index in [-0.39, 0.29) is 12.2 Å². The fourth-order valence-corrected chi connectivity index (χ4v) is 3.12. The Morgan fingerprint density at radius 2 is 1.96 bits per heavy atom. The molecule has 3 N–H and O–H groups in total. The Morgan fingerprint density at radius 1 is 1.24 bits per heavy atom. The van der Waals surface area contributed by atoms with Crippen molar-refractivity contribution in [3.05, 3.63) is 42.0 Å². The lowest BCUT2D eigenvalue weighted by molar-refractivity contribution is -0.142. The third kappa shape index (κ3) is 4.93. The number of nitrogen functional groups attached to an aromatic ring is 1. The molecule has 0 heterocycles. The number of esters is 1. The molecule has 2 aromatic rings. The number of carbonyl (C=O) groups is 2. The van der Waals surface area contributed by atoms with Gasteiger partial charge in [-0.15, -0.1) is 0 Å². The predicted octanol–water partition coefficient (Wildman–Crippen LogP) is 1.13. The molecule has 2 aromatic carbocycles. The smallest absolute Gasteiger partial charge is 0.328 e. The number of nitrogens with two attached hydrogens (primary N) is 1. The van der Waals surface area contributed by atoms with Gasteiger partial charge in [-0.05, 0) is 35.4 Å². The van der Waals surface area contributed by atoms with Crippen LogP contribution in [0.2, 0.25) is 0 Å². The molecule has 2 rings (SSSR count). The van der Waals surface area contributed by atoms with E-state index in [1.807, 2.05) is 6.07 Å². The molecule has 0 bridgehead atoms. The van der Waals surface area contributed by atoms with Gasteiger partial charge in [0.1, 0.15) is 15.9 Å². The van der Waals surface area contributed by atoms with Gasteiger partial charge in [0.05, 0.1) is 12.9 Å². The Labute approximate surface area is 146 Å². The van der Waals surface area contributed by atoms with Crippen LogP contribution in [0.1, 0.15) is 16.8 Å². The highest BCUT2D eigenvalue weighted by atomic mass is 32.2. The summed E-state index contributed by atoms with van der Waals surface area (Å²) in [6.45, 7) is 0. The summed E-state index contributed by atoms with van der Waals surface area (Å²) in [5, 5.41) is 4.03. The normalized spacial score (nSPS) is 12.6. The van der Waals surface area contributed by atoms with Crippen molar-refractivity contribution in [3.63, 3.8) is 0 Å². The molecule has 0 saturated carbocycles. The number of fused-ring (bicyclic) bond motifs is 1. The van der Waals surface area contributed by atoms with Gasteiger partial charge in [0.2, 0.25) is 0 Å². The number of ether oxygens (including phenoxy) is 1. The molecule has 0 aliphatic rings. The molecule has 1 atom stereocenters. The number of benzene rings is 2. The first-order valence-electron chi connectivity index (χ1n) is 7.56. The van der Waals surface area contributed by atoms with Crippen LogP contribution in [-0.4, -0.2) is 45.5 Å². The van der Waals surface area contributed by atoms with E-state index in [1.54, 1.807) is 30.3 Å². The lowest BCUT2D eigenvalue weighted by Crippen LogP contribution is -2.42. The largest absolute Gasteiger partial charge is 0.467 e. The zero-order valence-electron chi connectivity index (χ0n) is 14.0. The summed E-state index contributed by atoms with van der Waals surface area (Å²) < 4.78 is 27.3. The van der Waals surface area contributed by atoms with Crippen molar-refractivity contribution in [2.45, 2.75) is 12.5 Å². The van der Waals surface area contributed by atoms with E-state index in [1.165, 1.54) is 7.11 Å². The van der Waals surface area contributed by atoms with Crippen molar-refractivity contribution >= 4 is 38.2 Å². The van der Waals surface area contributed by atoms with Gasteiger partial charge in [0.15, 0.2) is 0 Å². The molecule has 0 aromatic heterocycles. The molecule has 0 saturated heterocycles. The Balaban J connectivity index is 2.27. The maximum absolute atomic E-state index is 12.6. The van der Waals surface area contributed by atoms with Gasteiger partial charge in [0.25, 0.3) is 5.91 Å². The Hall–Kier alpha value is -2.61. The minimum Gasteiger partial charge on any atom is -0.467 e. The lowest BCUT2D eigenvalue weighted by atomic mass is 10.0. The molecule has 8 heteroatoms. The zero-order chi connectivity index (χ0) is 18.6. The van der Waals surface area contributed by atoms with Gasteiger partial charge in [0, 0.05) is 17.5 Å². The minimum atomic E-state index is -3.27. The number of nitrogens with one attached hydrogen (secondary N) is 1. The zero-order valence-corrected chi connectivity index (χ0v) is 14.8. The number of sulfone groups is 1. The SMILES string of the molecule is COC(=O)[C@H](CCS(C)(=O)=O)NC(=O)c1cccc2cc(N)ccc12. The fourth-order valence-electron chi connectivity index (χ4n) is 2.46. The molecule has 0 spiro atoms. The summed E-state index contributed by atoms with van der Waals surface area (Å²) in [6, 6.07) is 9.26. The highest BCUT2D eigenvalue weighted by Crippen LogP contribution is 2.21. The van der Waals surface area contributed by atoms with Crippen molar-refractivity contribution in [3.8, 4) is 0 Å². The quantitative estimate of drug-likeness (QED) is 0.586. The third-order valence-corrected chi connectivity index (χ3v) is 4.69. The number of hydrogen-bond donors (Lipinski definition) is 2. The predicted molar refractivity (Wildman–Crippen MR) is 96.0 cm³/mol. The molecule has 25 heavy (non-hydrogen) atoms. The van der Waals surface area contributed by atoms with Crippen molar-refractivity contribution in [2.24, 2.45) is 0 Å². The molecule has 134 valence electrons. The van der Waals surface area contributed by atoms with Crippen LogP contribution < -0.4 is 11.1 Å². The molecular formula is C17H20N2O5S. The molecular weight excluding hydrogens is 344 g/mol. The van der Waals surface area contributed by atoms with Crippen LogP contribution in [0.5, 0.6) is 0 Å². The van der Waals surface area contributed by atoms with Crippen molar-refractivity contribution in [1.29, 1.82) is 0 Å². The molecule has 0 fully saturated rings. The van der Waals surface area contributed by atoms with Gasteiger partial charge in [-0.3, -0.25) is 4.79 Å². The lowest BCUT2D eigenvalue weighted by Gasteiger charge is -2.17. The molecule has 0 radical (unpaired) electrons. The highest BCUT2D eigenvalue weighted by molar-refractivity contribution is 7.90. The minimum absolute atomic E-state index is 0.0606. The number of methoxy groups -OCH3 is 1. The molecule has 0 aliphatic heterocycles. The first kappa shape index (κ1) is 18.7. The number of amides is 1. The van der Waals surface area contributed by atoms with Crippen LogP contribution >= 0.6 is 0 Å². The van der Waals surface area contributed by atoms with Crippen LogP contribution in [-0.2, 0) is 19.4 Å². The summed E-state index contributed by atoms with van der Waals surface area (Å²) in [4.78, 5) is 24.5. The Morgan fingerprint density at radius 3 is 2.60 bits per heavy atom. The summed E-state index contributed by atoms with van der Waals surface area (Å²) in [7, 11) is -2.09. The number of rotatable bonds is 6. The van der Waals surface area contributed by atoms with Gasteiger partial charge in [-0.25, -0.2) is 13.2 Å². The van der Waals surface area contributed by atoms with Crippen LogP contribution in [0.3, 0.4) is 0 Å². The summed E-state index contributed by atoms with van der Waals surface area (Å²) in [5.41, 5.74) is 6.69. The molecule has 7 nitrogen and oxygen atoms in total. The topological polar surface area (TPSA) is 116 Å². The van der Waals surface area contributed by atoms with Crippen LogP contribution in [0.15, 0.2) is 36.4 Å². The van der Waals surface area contributed by atoms with Gasteiger partial charge < -0.3 is 15.8 Å². The third-order valence-electron chi connectivity index (χ3n) is 3.72. The molecule has 0 unspecified atom stereocenters. The second kappa shape index (κ2) is 7.52. The van der Waals surface area contributed by atoms with Crippen molar-refractivity contribution in [1.82, 2.24) is 5.32 Å². The standard InChI is InChI=1S/C17H20N2O5S/c1-24-17(21)15(8-9-25(2,22)23)19-16(20)14-5-3-4-11-10-12(18)6-7-13(11)14/h3-7,10,15H,8-9,18H2,1-2H3,(H,19,20)/t15-/m0/s1. The fraction of sp³-hybridized carbons (Fsp3) is 0.294. The van der Waals surface area contributed by atoms with E-state index >= 15 is 0 Å². The molecule has 0 aliphatic carbocycles. The van der Waals surface area contributed by atoms with E-state index in [0.717, 1.165) is 11.6 Å². The first-order valence-corrected chi connectivity index (χ1v) is 9.62. The van der Waals surface area contributed by atoms with E-state index in [9.17, 15) is 18.0 Å². The van der Waals surface area contributed by atoms with Gasteiger partial charge >= 0.3 is 5.97 Å². The van der Waals surface area contributed by atoms with Gasteiger partial charge in [-0.2, -0.15) is 0 Å².